The Balaban J connectivity index is 1.43. The summed E-state index contributed by atoms with van der Waals surface area (Å²) in [5.74, 6) is -0.286. The molecule has 3 heterocycles. The fourth-order valence-corrected chi connectivity index (χ4v) is 12.0. The highest BCUT2D eigenvalue weighted by atomic mass is 16.8. The van der Waals surface area contributed by atoms with E-state index in [0.29, 0.717) is 6.42 Å². The van der Waals surface area contributed by atoms with Crippen molar-refractivity contribution < 1.29 is 89.4 Å². The molecule has 12 N–H and O–H groups in total. The molecule has 0 aromatic carbocycles. The first kappa shape index (κ1) is 85.2. The molecule has 0 radical (unpaired) electrons. The average molecular weight is 1330 g/mol. The number of hydrogen-bond donors (Lipinski definition) is 12. The zero-order valence-electron chi connectivity index (χ0n) is 57.7. The summed E-state index contributed by atoms with van der Waals surface area (Å²) in [6.07, 6.45) is 45.4. The van der Waals surface area contributed by atoms with Crippen LogP contribution in [-0.2, 0) is 33.2 Å². The molecule has 1 amide bonds. The molecule has 94 heavy (non-hydrogen) atoms. The van der Waals surface area contributed by atoms with Crippen molar-refractivity contribution in [2.75, 3.05) is 26.4 Å². The molecule has 19 heteroatoms. The second-order valence-electron chi connectivity index (χ2n) is 26.0. The lowest BCUT2D eigenvalue weighted by Gasteiger charge is -2.48. The van der Waals surface area contributed by atoms with Crippen LogP contribution in [-0.4, -0.2) is 193 Å². The van der Waals surface area contributed by atoms with Crippen molar-refractivity contribution in [1.29, 1.82) is 0 Å². The molecular weight excluding hydrogens is 1200 g/mol. The van der Waals surface area contributed by atoms with Gasteiger partial charge >= 0.3 is 0 Å². The maximum absolute atomic E-state index is 13.4. The monoisotopic (exact) mass is 1330 g/mol. The highest BCUT2D eigenvalue weighted by Gasteiger charge is 2.53. The van der Waals surface area contributed by atoms with Gasteiger partial charge in [0.05, 0.1) is 38.6 Å². The Bertz CT molecular complexity index is 2030. The summed E-state index contributed by atoms with van der Waals surface area (Å²) in [6, 6.07) is -0.984. The number of hydrogen-bond acceptors (Lipinski definition) is 18. The predicted octanol–water partition coefficient (Wildman–Crippen LogP) is 10.7. The van der Waals surface area contributed by atoms with E-state index >= 15 is 0 Å². The molecule has 0 bridgehead atoms. The third-order valence-electron chi connectivity index (χ3n) is 17.9. The van der Waals surface area contributed by atoms with E-state index in [1.165, 1.54) is 122 Å². The number of amides is 1. The van der Waals surface area contributed by atoms with Gasteiger partial charge in [0, 0.05) is 6.42 Å². The van der Waals surface area contributed by atoms with Crippen LogP contribution in [0, 0.1) is 0 Å². The molecule has 3 aliphatic heterocycles. The number of carbonyl (C=O) groups excluding carboxylic acids is 1. The summed E-state index contributed by atoms with van der Waals surface area (Å²) < 4.78 is 34.4. The quantitative estimate of drug-likeness (QED) is 0.0199. The molecule has 3 fully saturated rings. The summed E-state index contributed by atoms with van der Waals surface area (Å²) in [4.78, 5) is 13.4. The van der Waals surface area contributed by atoms with Crippen LogP contribution in [0.25, 0.3) is 0 Å². The van der Waals surface area contributed by atoms with Crippen LogP contribution in [0.3, 0.4) is 0 Å². The Kier molecular flexibility index (Phi) is 50.6. The smallest absolute Gasteiger partial charge is 0.220 e. The lowest BCUT2D eigenvalue weighted by Crippen LogP contribution is -2.66. The molecule has 0 aromatic heterocycles. The number of allylic oxidation sites excluding steroid dienone is 13. The normalized spacial score (nSPS) is 27.9. The molecular formula is C75H131NO18. The molecule has 0 aliphatic carbocycles. The summed E-state index contributed by atoms with van der Waals surface area (Å²) in [5.41, 5.74) is 0. The predicted molar refractivity (Wildman–Crippen MR) is 369 cm³/mol. The minimum Gasteiger partial charge on any atom is -0.394 e. The van der Waals surface area contributed by atoms with Gasteiger partial charge in [-0.15, -0.1) is 0 Å². The second-order valence-corrected chi connectivity index (χ2v) is 26.0. The minimum atomic E-state index is -1.98. The molecule has 19 nitrogen and oxygen atoms in total. The zero-order chi connectivity index (χ0) is 68.2. The van der Waals surface area contributed by atoms with Crippen molar-refractivity contribution >= 4 is 5.91 Å². The van der Waals surface area contributed by atoms with E-state index in [2.05, 4.69) is 92.1 Å². The van der Waals surface area contributed by atoms with Gasteiger partial charge < -0.3 is 89.9 Å². The number of rotatable bonds is 56. The molecule has 3 aliphatic rings. The Hall–Kier alpha value is -3.03. The van der Waals surface area contributed by atoms with Gasteiger partial charge in [-0.05, 0) is 70.6 Å². The van der Waals surface area contributed by atoms with Gasteiger partial charge in [-0.1, -0.05) is 259 Å². The van der Waals surface area contributed by atoms with Crippen LogP contribution in [0.15, 0.2) is 85.1 Å². The number of ether oxygens (including phenoxy) is 6. The SMILES string of the molecule is CC/C=C\C/C=C\C/C=C\C/C=C\C/C=C\C/C=C\CCCCCCCCCCC(=O)NC(COC1OC(CO)C(OC2OC(CO)C(OC3OC(CO)C(O)C(O)C3O)C(O)C2O)C(O)C1O)C(O)/C=C/CCCCCCCCCCCCCCCCCCCCCC. The number of aliphatic hydroxyl groups excluding tert-OH is 11. The van der Waals surface area contributed by atoms with E-state index in [1.807, 2.05) is 6.08 Å². The van der Waals surface area contributed by atoms with E-state index in [-0.39, 0.29) is 18.9 Å². The van der Waals surface area contributed by atoms with E-state index in [4.69, 9.17) is 28.4 Å². The van der Waals surface area contributed by atoms with Crippen molar-refractivity contribution in [3.63, 3.8) is 0 Å². The van der Waals surface area contributed by atoms with Crippen LogP contribution in [0.2, 0.25) is 0 Å². The van der Waals surface area contributed by atoms with Crippen LogP contribution < -0.4 is 5.32 Å². The van der Waals surface area contributed by atoms with Gasteiger partial charge in [0.2, 0.25) is 5.91 Å². The summed E-state index contributed by atoms with van der Waals surface area (Å²) in [6.45, 7) is 1.63. The average Bonchev–Trinajstić information content (AvgIpc) is 0.787. The molecule has 0 aromatic rings. The number of unbranched alkanes of at least 4 members (excludes halogenated alkanes) is 28. The van der Waals surface area contributed by atoms with Crippen LogP contribution >= 0.6 is 0 Å². The lowest BCUT2D eigenvalue weighted by atomic mass is 9.96. The highest BCUT2D eigenvalue weighted by Crippen LogP contribution is 2.33. The summed E-state index contributed by atoms with van der Waals surface area (Å²) in [5, 5.41) is 121. The van der Waals surface area contributed by atoms with Crippen LogP contribution in [0.5, 0.6) is 0 Å². The first-order valence-corrected chi connectivity index (χ1v) is 36.8. The molecule has 3 saturated heterocycles. The highest BCUT2D eigenvalue weighted by molar-refractivity contribution is 5.76. The van der Waals surface area contributed by atoms with E-state index in [0.717, 1.165) is 103 Å². The minimum absolute atomic E-state index is 0.229. The van der Waals surface area contributed by atoms with Crippen LogP contribution in [0.4, 0.5) is 0 Å². The summed E-state index contributed by atoms with van der Waals surface area (Å²) >= 11 is 0. The Morgan fingerprint density at radius 2 is 0.734 bits per heavy atom. The molecule has 0 spiro atoms. The van der Waals surface area contributed by atoms with Crippen molar-refractivity contribution in [1.82, 2.24) is 5.32 Å². The Morgan fingerprint density at radius 1 is 0.394 bits per heavy atom. The van der Waals surface area contributed by atoms with Gasteiger partial charge in [-0.3, -0.25) is 4.79 Å². The van der Waals surface area contributed by atoms with Gasteiger partial charge in [0.1, 0.15) is 73.2 Å². The molecule has 0 saturated carbocycles. The topological polar surface area (TPSA) is 307 Å². The zero-order valence-corrected chi connectivity index (χ0v) is 57.7. The number of nitrogens with one attached hydrogen (secondary N) is 1. The number of aliphatic hydroxyl groups is 11. The van der Waals surface area contributed by atoms with Crippen molar-refractivity contribution in [3.05, 3.63) is 85.1 Å². The van der Waals surface area contributed by atoms with Crippen LogP contribution in [0.1, 0.15) is 251 Å². The second kappa shape index (κ2) is 55.8. The van der Waals surface area contributed by atoms with Gasteiger partial charge in [0.15, 0.2) is 18.9 Å². The third kappa shape index (κ3) is 36.7. The molecule has 17 unspecified atom stereocenters. The number of carbonyl (C=O) groups is 1. The Morgan fingerprint density at radius 3 is 1.15 bits per heavy atom. The maximum atomic E-state index is 13.4. The largest absolute Gasteiger partial charge is 0.394 e. The molecule has 17 atom stereocenters. The maximum Gasteiger partial charge on any atom is 0.220 e. The fourth-order valence-electron chi connectivity index (χ4n) is 12.0. The molecule has 544 valence electrons. The lowest BCUT2D eigenvalue weighted by molar-refractivity contribution is -0.379. The van der Waals surface area contributed by atoms with Gasteiger partial charge in [0.25, 0.3) is 0 Å². The van der Waals surface area contributed by atoms with Crippen molar-refractivity contribution in [3.8, 4) is 0 Å². The summed E-state index contributed by atoms with van der Waals surface area (Å²) in [7, 11) is 0. The first-order valence-electron chi connectivity index (χ1n) is 36.8. The Labute approximate surface area is 565 Å². The van der Waals surface area contributed by atoms with Gasteiger partial charge in [-0.25, -0.2) is 0 Å². The van der Waals surface area contributed by atoms with Crippen molar-refractivity contribution in [2.45, 2.75) is 356 Å². The fraction of sp³-hybridized carbons (Fsp3) is 0.800. The van der Waals surface area contributed by atoms with E-state index in [1.54, 1.807) is 6.08 Å². The first-order chi connectivity index (χ1) is 45.8. The van der Waals surface area contributed by atoms with E-state index in [9.17, 15) is 61.0 Å². The third-order valence-corrected chi connectivity index (χ3v) is 17.9. The van der Waals surface area contributed by atoms with Crippen molar-refractivity contribution in [2.24, 2.45) is 0 Å². The van der Waals surface area contributed by atoms with Gasteiger partial charge in [-0.2, -0.15) is 0 Å². The van der Waals surface area contributed by atoms with E-state index < -0.39 is 124 Å². The molecule has 3 rings (SSSR count). The standard InChI is InChI=1S/C75H131NO18/c1-3-5-7-9-11-13-15-17-19-21-23-25-27-28-29-30-31-33-35-37-39-41-43-45-47-49-51-53-63(81)76-58(59(80)52-50-48-46-44-42-40-38-36-34-32-26-24-22-20-18-16-14-12-10-8-6-4-2)57-89-73-69(87)66(84)71(61(55-78)91-73)94-75-70(88)67(85)72(62(56-79)92-75)93-74-68(86)65(83)64(82)60(54-77)90-74/h5,7,11,13,17,19,23,25,28-29,31,33,50,52,58-62,64-75,77-80,82-88H,3-4,6,8-10,12,14-16,18,20-22,24,26-27,30,32,34-49,51,53-57H2,1-2H3,(H,76,81)/b7-5-,13-11-,19-17-,25-23-,29-28-,33-31-,52-50+.